The van der Waals surface area contributed by atoms with E-state index in [0.29, 0.717) is 21.5 Å². The van der Waals surface area contributed by atoms with Gasteiger partial charge in [-0.1, -0.05) is 0 Å². The maximum atomic E-state index is 2.67. The standard InChI is InChI=1S/C7H15I2N2/c1-7(2)9-11-5-3-10(8)4-6-11/h7H,3-6H2,1-2H3/q-1. The third-order valence-corrected chi connectivity index (χ3v) is 5.34. The van der Waals surface area contributed by atoms with Crippen molar-refractivity contribution in [3.05, 3.63) is 0 Å². The summed E-state index contributed by atoms with van der Waals surface area (Å²) in [4.78, 5) is 0. The minimum atomic E-state index is 0.328. The summed E-state index contributed by atoms with van der Waals surface area (Å²) in [5.41, 5.74) is 0. The Morgan fingerprint density at radius 1 is 1.18 bits per heavy atom. The molecule has 0 bridgehead atoms. The number of halogens is 2. The molecule has 0 aromatic heterocycles. The van der Waals surface area contributed by atoms with Crippen molar-refractivity contribution in [1.82, 2.24) is 6.23 Å². The van der Waals surface area contributed by atoms with Gasteiger partial charge in [-0.2, -0.15) is 0 Å². The zero-order chi connectivity index (χ0) is 8.27. The predicted molar refractivity (Wildman–Crippen MR) is 52.3 cm³/mol. The average Bonchev–Trinajstić information content (AvgIpc) is 1.93. The summed E-state index contributed by atoms with van der Waals surface area (Å²) < 4.78 is 5.98. The SMILES string of the molecule is CC(C)[I-]N1CCN(I)CC1. The Morgan fingerprint density at radius 3 is 2.18 bits per heavy atom. The fourth-order valence-electron chi connectivity index (χ4n) is 1.03. The van der Waals surface area contributed by atoms with E-state index in [4.69, 9.17) is 0 Å². The molecule has 68 valence electrons. The van der Waals surface area contributed by atoms with E-state index in [9.17, 15) is 0 Å². The maximum absolute atomic E-state index is 2.67. The Balaban J connectivity index is 2.17. The van der Waals surface area contributed by atoms with Gasteiger partial charge in [-0.15, -0.1) is 0 Å². The van der Waals surface area contributed by atoms with Crippen LogP contribution in [0.5, 0.6) is 0 Å². The Labute approximate surface area is 93.8 Å². The molecule has 1 aliphatic rings. The molecule has 0 radical (unpaired) electrons. The van der Waals surface area contributed by atoms with Gasteiger partial charge in [0, 0.05) is 0 Å². The fourth-order valence-corrected chi connectivity index (χ4v) is 4.03. The second-order valence-corrected chi connectivity index (χ2v) is 8.71. The van der Waals surface area contributed by atoms with Gasteiger partial charge in [-0.05, 0) is 0 Å². The first-order valence-corrected chi connectivity index (χ1v) is 7.15. The summed E-state index contributed by atoms with van der Waals surface area (Å²) in [7, 11) is 0. The normalized spacial score (nSPS) is 23.3. The monoisotopic (exact) mass is 381 g/mol. The van der Waals surface area contributed by atoms with Crippen LogP contribution in [-0.2, 0) is 0 Å². The van der Waals surface area contributed by atoms with Gasteiger partial charge >= 0.3 is 94.5 Å². The number of hydrogen-bond donors (Lipinski definition) is 0. The van der Waals surface area contributed by atoms with Crippen molar-refractivity contribution in [2.75, 3.05) is 26.2 Å². The van der Waals surface area contributed by atoms with Crippen LogP contribution >= 0.6 is 22.9 Å². The quantitative estimate of drug-likeness (QED) is 0.322. The Morgan fingerprint density at radius 2 is 1.73 bits per heavy atom. The van der Waals surface area contributed by atoms with Gasteiger partial charge in [0.25, 0.3) is 0 Å². The van der Waals surface area contributed by atoms with Crippen molar-refractivity contribution in [3.63, 3.8) is 0 Å². The summed E-state index contributed by atoms with van der Waals surface area (Å²) in [5.74, 6) is 0. The molecule has 0 N–H and O–H groups in total. The Kier molecular flexibility index (Phi) is 4.93. The van der Waals surface area contributed by atoms with Crippen LogP contribution in [0.15, 0.2) is 0 Å². The van der Waals surface area contributed by atoms with Crippen LogP contribution in [0.25, 0.3) is 0 Å². The van der Waals surface area contributed by atoms with Gasteiger partial charge in [-0.3, -0.25) is 0 Å². The van der Waals surface area contributed by atoms with Crippen molar-refractivity contribution in [2.45, 2.75) is 17.8 Å². The summed E-state index contributed by atoms with van der Waals surface area (Å²) in [6.45, 7) is 9.79. The molecule has 0 saturated carbocycles. The zero-order valence-corrected chi connectivity index (χ0v) is 11.4. The third-order valence-electron chi connectivity index (χ3n) is 1.50. The van der Waals surface area contributed by atoms with E-state index in [-0.39, 0.29) is 0 Å². The van der Waals surface area contributed by atoms with Crippen LogP contribution in [0.4, 0.5) is 0 Å². The van der Waals surface area contributed by atoms with Crippen LogP contribution < -0.4 is 21.5 Å². The van der Waals surface area contributed by atoms with E-state index >= 15 is 0 Å². The van der Waals surface area contributed by atoms with E-state index in [1.165, 1.54) is 26.2 Å². The van der Waals surface area contributed by atoms with Crippen LogP contribution in [0, 0.1) is 0 Å². The molecular weight excluding hydrogens is 366 g/mol. The molecule has 1 rings (SSSR count). The molecule has 0 amide bonds. The van der Waals surface area contributed by atoms with Crippen molar-refractivity contribution in [2.24, 2.45) is 0 Å². The summed E-state index contributed by atoms with van der Waals surface area (Å²) in [6.07, 6.45) is 0. The van der Waals surface area contributed by atoms with Gasteiger partial charge < -0.3 is 0 Å². The van der Waals surface area contributed by atoms with Crippen LogP contribution in [0.1, 0.15) is 13.8 Å². The molecular formula is C7H15I2N2-. The molecule has 0 aromatic rings. The molecule has 1 aliphatic heterocycles. The van der Waals surface area contributed by atoms with Gasteiger partial charge in [0.1, 0.15) is 0 Å². The zero-order valence-electron chi connectivity index (χ0n) is 7.06. The molecule has 1 saturated heterocycles. The Hall–Kier alpha value is 1.38. The molecule has 0 aromatic carbocycles. The molecule has 1 heterocycles. The second kappa shape index (κ2) is 5.18. The third kappa shape index (κ3) is 4.23. The molecule has 2 nitrogen and oxygen atoms in total. The van der Waals surface area contributed by atoms with Crippen molar-refractivity contribution >= 4 is 22.9 Å². The first-order valence-electron chi connectivity index (χ1n) is 3.98. The van der Waals surface area contributed by atoms with Gasteiger partial charge in [-0.25, -0.2) is 0 Å². The minimum absolute atomic E-state index is 0.328. The fraction of sp³-hybridized carbons (Fsp3) is 1.00. The predicted octanol–water partition coefficient (Wildman–Crippen LogP) is -1.63. The van der Waals surface area contributed by atoms with Crippen LogP contribution in [0.2, 0.25) is 0 Å². The van der Waals surface area contributed by atoms with E-state index in [1.807, 2.05) is 0 Å². The van der Waals surface area contributed by atoms with E-state index in [2.05, 4.69) is 42.9 Å². The van der Waals surface area contributed by atoms with Gasteiger partial charge in [0.15, 0.2) is 0 Å². The number of piperazine rings is 1. The Bertz CT molecular complexity index is 111. The van der Waals surface area contributed by atoms with E-state index in [0.717, 1.165) is 3.92 Å². The van der Waals surface area contributed by atoms with Crippen molar-refractivity contribution < 1.29 is 21.5 Å². The molecule has 4 heteroatoms. The number of nitrogens with zero attached hydrogens (tertiary/aromatic N) is 2. The summed E-state index contributed by atoms with van der Waals surface area (Å²) in [5, 5.41) is 0. The molecule has 1 fully saturated rings. The molecule has 0 atom stereocenters. The van der Waals surface area contributed by atoms with Crippen molar-refractivity contribution in [3.8, 4) is 0 Å². The number of hydrogen-bond acceptors (Lipinski definition) is 2. The van der Waals surface area contributed by atoms with Crippen LogP contribution in [0.3, 0.4) is 0 Å². The van der Waals surface area contributed by atoms with E-state index in [1.54, 1.807) is 0 Å². The molecule has 0 unspecified atom stereocenters. The van der Waals surface area contributed by atoms with Crippen molar-refractivity contribution in [1.29, 1.82) is 0 Å². The van der Waals surface area contributed by atoms with Crippen LogP contribution in [-0.4, -0.2) is 36.3 Å². The summed E-state index contributed by atoms with van der Waals surface area (Å²) in [6, 6.07) is 0. The average molecular weight is 381 g/mol. The van der Waals surface area contributed by atoms with Gasteiger partial charge in [0.05, 0.1) is 0 Å². The number of rotatable bonds is 2. The van der Waals surface area contributed by atoms with E-state index < -0.39 is 0 Å². The first kappa shape index (κ1) is 10.5. The summed E-state index contributed by atoms with van der Waals surface area (Å²) >= 11 is 2.75. The molecule has 0 aliphatic carbocycles. The topological polar surface area (TPSA) is 6.48 Å². The van der Waals surface area contributed by atoms with Gasteiger partial charge in [0.2, 0.25) is 0 Å². The number of alkyl halides is 1. The second-order valence-electron chi connectivity index (χ2n) is 2.93. The molecule has 0 spiro atoms. The molecule has 11 heavy (non-hydrogen) atoms. The first-order chi connectivity index (χ1) is 5.18.